The molecule has 0 aliphatic rings. The van der Waals surface area contributed by atoms with E-state index in [0.717, 1.165) is 6.21 Å². The molecule has 1 aromatic rings. The number of aliphatic hydroxyl groups is 1. The van der Waals surface area contributed by atoms with Gasteiger partial charge in [0.25, 0.3) is 0 Å². The van der Waals surface area contributed by atoms with Gasteiger partial charge in [-0.25, -0.2) is 9.79 Å². The third-order valence-electron chi connectivity index (χ3n) is 2.12. The number of esters is 1. The van der Waals surface area contributed by atoms with Crippen LogP contribution >= 0.6 is 12.2 Å². The molecule has 19 heavy (non-hydrogen) atoms. The molecule has 1 rings (SSSR count). The van der Waals surface area contributed by atoms with Crippen molar-refractivity contribution < 1.29 is 14.6 Å². The lowest BCUT2D eigenvalue weighted by Gasteiger charge is -2.06. The summed E-state index contributed by atoms with van der Waals surface area (Å²) in [5, 5.41) is 9.96. The van der Waals surface area contributed by atoms with Gasteiger partial charge in [0.05, 0.1) is 6.61 Å². The van der Waals surface area contributed by atoms with Crippen LogP contribution in [0.1, 0.15) is 12.5 Å². The van der Waals surface area contributed by atoms with Gasteiger partial charge in [-0.1, -0.05) is 30.3 Å². The van der Waals surface area contributed by atoms with Crippen LogP contribution in [0.5, 0.6) is 0 Å². The first-order valence-electron chi connectivity index (χ1n) is 5.55. The monoisotopic (exact) mass is 278 g/mol. The molecule has 0 aliphatic heterocycles. The fourth-order valence-electron chi connectivity index (χ4n) is 1.30. The molecule has 0 saturated heterocycles. The first kappa shape index (κ1) is 14.8. The molecule has 0 spiro atoms. The third kappa shape index (κ3) is 4.51. The van der Waals surface area contributed by atoms with Crippen molar-refractivity contribution in [1.82, 2.24) is 0 Å². The molecule has 0 radical (unpaired) electrons. The molecule has 0 unspecified atom stereocenters. The van der Waals surface area contributed by atoms with E-state index in [-0.39, 0.29) is 23.1 Å². The van der Waals surface area contributed by atoms with Gasteiger partial charge in [0, 0.05) is 11.8 Å². The summed E-state index contributed by atoms with van der Waals surface area (Å²) in [7, 11) is 0. The predicted molar refractivity (Wildman–Crippen MR) is 77.9 cm³/mol. The van der Waals surface area contributed by atoms with Crippen molar-refractivity contribution >= 4 is 35.3 Å². The zero-order valence-corrected chi connectivity index (χ0v) is 11.2. The zero-order valence-electron chi connectivity index (χ0n) is 10.4. The van der Waals surface area contributed by atoms with Crippen molar-refractivity contribution in [1.29, 1.82) is 0 Å². The summed E-state index contributed by atoms with van der Waals surface area (Å²) in [6.45, 7) is 1.85. The molecule has 0 amide bonds. The average molecular weight is 278 g/mol. The minimum absolute atomic E-state index is 0.0964. The van der Waals surface area contributed by atoms with Crippen molar-refractivity contribution in [3.63, 3.8) is 0 Å². The van der Waals surface area contributed by atoms with Gasteiger partial charge in [0.2, 0.25) is 0 Å². The van der Waals surface area contributed by atoms with E-state index in [1.54, 1.807) is 37.3 Å². The van der Waals surface area contributed by atoms with Crippen LogP contribution < -0.4 is 5.73 Å². The minimum atomic E-state index is -0.691. The lowest BCUT2D eigenvalue weighted by Crippen LogP contribution is -2.13. The highest BCUT2D eigenvalue weighted by Gasteiger charge is 2.16. The number of aliphatic hydroxyl groups excluding tert-OH is 1. The smallest absolute Gasteiger partial charge is 0.343 e. The number of hydrogen-bond acceptors (Lipinski definition) is 4. The van der Waals surface area contributed by atoms with Crippen LogP contribution in [-0.2, 0) is 9.53 Å². The van der Waals surface area contributed by atoms with E-state index in [1.165, 1.54) is 0 Å². The number of carbonyl (C=O) groups excluding carboxylic acids is 1. The third-order valence-corrected chi connectivity index (χ3v) is 2.22. The Hall–Kier alpha value is -2.21. The van der Waals surface area contributed by atoms with Gasteiger partial charge in [-0.3, -0.25) is 0 Å². The lowest BCUT2D eigenvalue weighted by molar-refractivity contribution is -0.137. The number of carbonyl (C=O) groups is 1. The SMILES string of the molecule is CCOC(=O)C(/C=N/C(N)=S)=C(/O)c1ccccc1. The number of hydrogen-bond donors (Lipinski definition) is 2. The second kappa shape index (κ2) is 7.27. The van der Waals surface area contributed by atoms with E-state index in [0.29, 0.717) is 5.56 Å². The highest BCUT2D eigenvalue weighted by Crippen LogP contribution is 2.15. The first-order chi connectivity index (χ1) is 9.06. The van der Waals surface area contributed by atoms with Crippen LogP contribution in [-0.4, -0.2) is 29.0 Å². The predicted octanol–water partition coefficient (Wildman–Crippen LogP) is 1.83. The number of aliphatic imine (C=N–C) groups is 1. The maximum absolute atomic E-state index is 11.8. The van der Waals surface area contributed by atoms with Gasteiger partial charge >= 0.3 is 5.97 Å². The Morgan fingerprint density at radius 1 is 1.47 bits per heavy atom. The quantitative estimate of drug-likeness (QED) is 0.288. The van der Waals surface area contributed by atoms with Crippen molar-refractivity contribution in [2.75, 3.05) is 6.61 Å². The molecule has 100 valence electrons. The Bertz CT molecular complexity index is 524. The summed E-state index contributed by atoms with van der Waals surface area (Å²) in [5.74, 6) is -0.928. The fraction of sp³-hybridized carbons (Fsp3) is 0.154. The van der Waals surface area contributed by atoms with E-state index in [9.17, 15) is 9.90 Å². The van der Waals surface area contributed by atoms with Crippen molar-refractivity contribution in [3.8, 4) is 0 Å². The van der Waals surface area contributed by atoms with Crippen LogP contribution in [0.4, 0.5) is 0 Å². The Morgan fingerprint density at radius 3 is 2.63 bits per heavy atom. The van der Waals surface area contributed by atoms with E-state index < -0.39 is 5.97 Å². The minimum Gasteiger partial charge on any atom is -0.506 e. The molecule has 0 saturated carbocycles. The van der Waals surface area contributed by atoms with Crippen LogP contribution in [0.15, 0.2) is 40.9 Å². The highest BCUT2D eigenvalue weighted by molar-refractivity contribution is 7.80. The van der Waals surface area contributed by atoms with Gasteiger partial charge in [0.1, 0.15) is 11.3 Å². The van der Waals surface area contributed by atoms with Crippen molar-refractivity contribution in [3.05, 3.63) is 41.5 Å². The number of ether oxygens (including phenoxy) is 1. The maximum Gasteiger partial charge on any atom is 0.343 e. The number of nitrogens with zero attached hydrogens (tertiary/aromatic N) is 1. The average Bonchev–Trinajstić information content (AvgIpc) is 2.39. The molecule has 0 fully saturated rings. The van der Waals surface area contributed by atoms with E-state index in [2.05, 4.69) is 17.2 Å². The van der Waals surface area contributed by atoms with E-state index in [1.807, 2.05) is 0 Å². The molecule has 0 aliphatic carbocycles. The van der Waals surface area contributed by atoms with Gasteiger partial charge < -0.3 is 15.6 Å². The van der Waals surface area contributed by atoms with Gasteiger partial charge in [0.15, 0.2) is 5.11 Å². The molecule has 0 atom stereocenters. The second-order valence-corrected chi connectivity index (χ2v) is 3.86. The van der Waals surface area contributed by atoms with E-state index in [4.69, 9.17) is 10.5 Å². The molecule has 1 aromatic carbocycles. The molecular formula is C13H14N2O3S. The maximum atomic E-state index is 11.8. The molecule has 0 aromatic heterocycles. The second-order valence-electron chi connectivity index (χ2n) is 3.45. The summed E-state index contributed by atoms with van der Waals surface area (Å²) in [6, 6.07) is 8.58. The summed E-state index contributed by atoms with van der Waals surface area (Å²) in [5.41, 5.74) is 5.61. The largest absolute Gasteiger partial charge is 0.506 e. The first-order valence-corrected chi connectivity index (χ1v) is 5.96. The lowest BCUT2D eigenvalue weighted by atomic mass is 10.1. The number of benzene rings is 1. The van der Waals surface area contributed by atoms with Crippen LogP contribution in [0.2, 0.25) is 0 Å². The van der Waals surface area contributed by atoms with Gasteiger partial charge in [-0.05, 0) is 19.1 Å². The fourth-order valence-corrected chi connectivity index (χ4v) is 1.35. The highest BCUT2D eigenvalue weighted by atomic mass is 32.1. The van der Waals surface area contributed by atoms with Gasteiger partial charge in [-0.2, -0.15) is 0 Å². The molecule has 0 bridgehead atoms. The number of thiocarbonyl (C=S) groups is 1. The topological polar surface area (TPSA) is 84.9 Å². The van der Waals surface area contributed by atoms with Gasteiger partial charge in [-0.15, -0.1) is 0 Å². The normalized spacial score (nSPS) is 12.1. The molecular weight excluding hydrogens is 264 g/mol. The number of nitrogens with two attached hydrogens (primary N) is 1. The summed E-state index contributed by atoms with van der Waals surface area (Å²) >= 11 is 4.59. The Balaban J connectivity index is 3.21. The van der Waals surface area contributed by atoms with Crippen LogP contribution in [0.3, 0.4) is 0 Å². The standard InChI is InChI=1S/C13H14N2O3S/c1-2-18-12(17)10(8-15-13(14)19)11(16)9-6-4-3-5-7-9/h3-8,16H,2H2,1H3,(H2,14,19)/b11-10+,15-8+. The summed E-state index contributed by atoms with van der Waals surface area (Å²) in [4.78, 5) is 15.4. The molecule has 5 nitrogen and oxygen atoms in total. The Morgan fingerprint density at radius 2 is 2.11 bits per heavy atom. The van der Waals surface area contributed by atoms with Crippen molar-refractivity contribution in [2.24, 2.45) is 10.7 Å². The Kier molecular flexibility index (Phi) is 5.69. The molecule has 3 N–H and O–H groups in total. The summed E-state index contributed by atoms with van der Waals surface area (Å²) in [6.07, 6.45) is 1.10. The molecule has 0 heterocycles. The van der Waals surface area contributed by atoms with E-state index >= 15 is 0 Å². The number of rotatable bonds is 4. The molecule has 6 heteroatoms. The van der Waals surface area contributed by atoms with Crippen LogP contribution in [0, 0.1) is 0 Å². The summed E-state index contributed by atoms with van der Waals surface area (Å²) < 4.78 is 4.85. The van der Waals surface area contributed by atoms with Crippen LogP contribution in [0.25, 0.3) is 5.76 Å². The Labute approximate surface area is 116 Å². The van der Waals surface area contributed by atoms with Crippen molar-refractivity contribution in [2.45, 2.75) is 6.92 Å². The zero-order chi connectivity index (χ0) is 14.3.